The molecular formula is C22H43NO4. The summed E-state index contributed by atoms with van der Waals surface area (Å²) in [5.74, 6) is -0.602. The van der Waals surface area contributed by atoms with Crippen molar-refractivity contribution in [1.82, 2.24) is 5.32 Å². The second-order valence-corrected chi connectivity index (χ2v) is 7.67. The molecule has 2 atom stereocenters. The SMILES string of the molecule is CCCCCCCCCCCCCCCC(OC(C)=O)C(CO)NC(C)=O. The predicted octanol–water partition coefficient (Wildman–Crippen LogP) is 4.90. The molecule has 0 saturated carbocycles. The summed E-state index contributed by atoms with van der Waals surface area (Å²) in [4.78, 5) is 22.5. The summed E-state index contributed by atoms with van der Waals surface area (Å²) in [6.07, 6.45) is 16.9. The minimum atomic E-state index is -0.524. The summed E-state index contributed by atoms with van der Waals surface area (Å²) >= 11 is 0. The smallest absolute Gasteiger partial charge is 0.302 e. The van der Waals surface area contributed by atoms with Crippen LogP contribution in [0.2, 0.25) is 0 Å². The molecule has 5 heteroatoms. The Morgan fingerprint density at radius 1 is 0.815 bits per heavy atom. The molecule has 0 heterocycles. The standard InChI is InChI=1S/C22H43NO4/c1-4-5-6-7-8-9-10-11-12-13-14-15-16-17-22(27-20(3)26)21(18-24)23-19(2)25/h21-22,24H,4-18H2,1-3H3,(H,23,25). The van der Waals surface area contributed by atoms with Crippen molar-refractivity contribution in [3.63, 3.8) is 0 Å². The Morgan fingerprint density at radius 2 is 1.26 bits per heavy atom. The van der Waals surface area contributed by atoms with Gasteiger partial charge in [0.25, 0.3) is 0 Å². The third kappa shape index (κ3) is 16.8. The Hall–Kier alpha value is -1.10. The molecule has 0 fully saturated rings. The van der Waals surface area contributed by atoms with Crippen LogP contribution in [0.1, 0.15) is 111 Å². The van der Waals surface area contributed by atoms with E-state index in [1.807, 2.05) is 0 Å². The quantitative estimate of drug-likeness (QED) is 0.260. The monoisotopic (exact) mass is 385 g/mol. The predicted molar refractivity (Wildman–Crippen MR) is 111 cm³/mol. The lowest BCUT2D eigenvalue weighted by atomic mass is 10.0. The van der Waals surface area contributed by atoms with Crippen LogP contribution in [0.3, 0.4) is 0 Å². The lowest BCUT2D eigenvalue weighted by molar-refractivity contribution is -0.149. The topological polar surface area (TPSA) is 75.6 Å². The Labute approximate surface area is 166 Å². The molecule has 0 aliphatic carbocycles. The van der Waals surface area contributed by atoms with Crippen molar-refractivity contribution >= 4 is 11.9 Å². The highest BCUT2D eigenvalue weighted by Crippen LogP contribution is 2.15. The normalized spacial score (nSPS) is 13.2. The number of aliphatic hydroxyl groups excluding tert-OH is 1. The van der Waals surface area contributed by atoms with E-state index in [1.165, 1.54) is 84.5 Å². The Bertz CT molecular complexity index is 373. The van der Waals surface area contributed by atoms with E-state index in [4.69, 9.17) is 4.74 Å². The average Bonchev–Trinajstić information content (AvgIpc) is 2.62. The van der Waals surface area contributed by atoms with Gasteiger partial charge in [-0.3, -0.25) is 9.59 Å². The van der Waals surface area contributed by atoms with Gasteiger partial charge in [-0.05, 0) is 12.8 Å². The van der Waals surface area contributed by atoms with Crippen LogP contribution in [0.5, 0.6) is 0 Å². The number of amides is 1. The van der Waals surface area contributed by atoms with Gasteiger partial charge >= 0.3 is 5.97 Å². The highest BCUT2D eigenvalue weighted by Gasteiger charge is 2.24. The number of carbonyl (C=O) groups excluding carboxylic acids is 2. The molecule has 0 saturated heterocycles. The van der Waals surface area contributed by atoms with Gasteiger partial charge in [-0.15, -0.1) is 0 Å². The lowest BCUT2D eigenvalue weighted by Crippen LogP contribution is -2.46. The molecule has 1 amide bonds. The molecule has 0 aliphatic heterocycles. The first kappa shape index (κ1) is 25.9. The van der Waals surface area contributed by atoms with Crippen molar-refractivity contribution in [2.24, 2.45) is 0 Å². The molecule has 2 unspecified atom stereocenters. The van der Waals surface area contributed by atoms with E-state index < -0.39 is 12.1 Å². The molecule has 0 radical (unpaired) electrons. The number of ether oxygens (including phenoxy) is 1. The fourth-order valence-electron chi connectivity index (χ4n) is 3.44. The number of nitrogens with one attached hydrogen (secondary N) is 1. The molecule has 0 bridgehead atoms. The lowest BCUT2D eigenvalue weighted by Gasteiger charge is -2.25. The summed E-state index contributed by atoms with van der Waals surface area (Å²) in [5.41, 5.74) is 0. The van der Waals surface area contributed by atoms with Crippen molar-refractivity contribution in [2.45, 2.75) is 123 Å². The summed E-state index contributed by atoms with van der Waals surface area (Å²) in [6.45, 7) is 4.79. The minimum absolute atomic E-state index is 0.225. The van der Waals surface area contributed by atoms with Crippen molar-refractivity contribution < 1.29 is 19.4 Å². The first-order chi connectivity index (χ1) is 13.0. The Balaban J connectivity index is 3.73. The number of aliphatic hydroxyl groups is 1. The van der Waals surface area contributed by atoms with Crippen molar-refractivity contribution in [1.29, 1.82) is 0 Å². The molecular weight excluding hydrogens is 342 g/mol. The van der Waals surface area contributed by atoms with Gasteiger partial charge in [0.05, 0.1) is 12.6 Å². The third-order valence-electron chi connectivity index (χ3n) is 4.94. The molecule has 0 aromatic heterocycles. The molecule has 5 nitrogen and oxygen atoms in total. The average molecular weight is 386 g/mol. The van der Waals surface area contributed by atoms with Crippen molar-refractivity contribution in [3.8, 4) is 0 Å². The van der Waals surface area contributed by atoms with Crippen LogP contribution in [0, 0.1) is 0 Å². The Kier molecular flexibility index (Phi) is 17.5. The van der Waals surface area contributed by atoms with Gasteiger partial charge in [-0.1, -0.05) is 84.0 Å². The van der Waals surface area contributed by atoms with Crippen LogP contribution < -0.4 is 5.32 Å². The molecule has 160 valence electrons. The fourth-order valence-corrected chi connectivity index (χ4v) is 3.44. The number of esters is 1. The molecule has 0 aromatic rings. The molecule has 2 N–H and O–H groups in total. The molecule has 0 aliphatic rings. The minimum Gasteiger partial charge on any atom is -0.460 e. The third-order valence-corrected chi connectivity index (χ3v) is 4.94. The summed E-state index contributed by atoms with van der Waals surface area (Å²) in [5, 5.41) is 12.1. The van der Waals surface area contributed by atoms with E-state index in [0.29, 0.717) is 6.42 Å². The van der Waals surface area contributed by atoms with Gasteiger partial charge in [0, 0.05) is 13.8 Å². The van der Waals surface area contributed by atoms with Crippen LogP contribution >= 0.6 is 0 Å². The van der Waals surface area contributed by atoms with Gasteiger partial charge in [-0.25, -0.2) is 0 Å². The van der Waals surface area contributed by atoms with E-state index in [1.54, 1.807) is 0 Å². The van der Waals surface area contributed by atoms with E-state index in [-0.39, 0.29) is 18.5 Å². The zero-order valence-electron chi connectivity index (χ0n) is 17.9. The van der Waals surface area contributed by atoms with Gasteiger partial charge in [0.1, 0.15) is 6.10 Å². The van der Waals surface area contributed by atoms with E-state index in [2.05, 4.69) is 12.2 Å². The van der Waals surface area contributed by atoms with Crippen molar-refractivity contribution in [2.75, 3.05) is 6.61 Å². The highest BCUT2D eigenvalue weighted by molar-refractivity contribution is 5.73. The highest BCUT2D eigenvalue weighted by atomic mass is 16.5. The molecule has 0 aromatic carbocycles. The van der Waals surface area contributed by atoms with E-state index >= 15 is 0 Å². The van der Waals surface area contributed by atoms with Crippen LogP contribution in [-0.4, -0.2) is 35.7 Å². The second kappa shape index (κ2) is 18.3. The maximum Gasteiger partial charge on any atom is 0.302 e. The van der Waals surface area contributed by atoms with Crippen LogP contribution in [0.25, 0.3) is 0 Å². The van der Waals surface area contributed by atoms with Gasteiger partial charge in [-0.2, -0.15) is 0 Å². The maximum absolute atomic E-state index is 11.3. The van der Waals surface area contributed by atoms with Crippen LogP contribution in [-0.2, 0) is 14.3 Å². The van der Waals surface area contributed by atoms with Gasteiger partial charge in [0.2, 0.25) is 5.91 Å². The molecule has 27 heavy (non-hydrogen) atoms. The first-order valence-electron chi connectivity index (χ1n) is 11.1. The zero-order chi connectivity index (χ0) is 20.3. The number of carbonyl (C=O) groups is 2. The van der Waals surface area contributed by atoms with Gasteiger partial charge in [0.15, 0.2) is 0 Å². The van der Waals surface area contributed by atoms with Crippen LogP contribution in [0.15, 0.2) is 0 Å². The maximum atomic E-state index is 11.3. The number of unbranched alkanes of at least 4 members (excludes halogenated alkanes) is 12. The van der Waals surface area contributed by atoms with Gasteiger partial charge < -0.3 is 15.2 Å². The van der Waals surface area contributed by atoms with Crippen molar-refractivity contribution in [3.05, 3.63) is 0 Å². The number of hydrogen-bond donors (Lipinski definition) is 2. The summed E-state index contributed by atoms with van der Waals surface area (Å²) < 4.78 is 5.30. The fraction of sp³-hybridized carbons (Fsp3) is 0.909. The second-order valence-electron chi connectivity index (χ2n) is 7.67. The first-order valence-corrected chi connectivity index (χ1v) is 11.1. The zero-order valence-corrected chi connectivity index (χ0v) is 17.9. The molecule has 0 rings (SSSR count). The summed E-state index contributed by atoms with van der Waals surface area (Å²) in [7, 11) is 0. The Morgan fingerprint density at radius 3 is 1.63 bits per heavy atom. The van der Waals surface area contributed by atoms with E-state index in [0.717, 1.165) is 12.8 Å². The molecule has 0 spiro atoms. The number of rotatable bonds is 18. The summed E-state index contributed by atoms with van der Waals surface area (Å²) in [6, 6.07) is -0.524. The largest absolute Gasteiger partial charge is 0.460 e. The number of hydrogen-bond acceptors (Lipinski definition) is 4. The van der Waals surface area contributed by atoms with Crippen LogP contribution in [0.4, 0.5) is 0 Å². The van der Waals surface area contributed by atoms with E-state index in [9.17, 15) is 14.7 Å².